The molecular weight excluding hydrogens is 348 g/mol. The maximum absolute atomic E-state index is 11.5. The molecule has 0 aliphatic carbocycles. The summed E-state index contributed by atoms with van der Waals surface area (Å²) >= 11 is 0. The first-order valence-corrected chi connectivity index (χ1v) is 9.52. The second-order valence-electron chi connectivity index (χ2n) is 7.10. The van der Waals surface area contributed by atoms with Crippen LogP contribution in [-0.4, -0.2) is 42.2 Å². The number of nitrogens with zero attached hydrogens (tertiary/aromatic N) is 1. The van der Waals surface area contributed by atoms with Crippen molar-refractivity contribution < 1.29 is 24.2 Å². The summed E-state index contributed by atoms with van der Waals surface area (Å²) in [7, 11) is 0. The maximum atomic E-state index is 11.5. The van der Waals surface area contributed by atoms with Gasteiger partial charge in [-0.3, -0.25) is 0 Å². The van der Waals surface area contributed by atoms with Crippen molar-refractivity contribution >= 4 is 18.3 Å². The molecule has 7 nitrogen and oxygen atoms in total. The largest absolute Gasteiger partial charge is 0.478 e. The topological polar surface area (TPSA) is 97.2 Å². The normalized spacial score (nSPS) is 26.4. The van der Waals surface area contributed by atoms with Crippen LogP contribution in [-0.2, 0) is 15.9 Å². The number of amides is 1. The standard InChI is InChI=1S/C20H26N2O5/c1-2-11-26-20(25)22-21-12-16-15(17-9-10-18(16)27-17)8-5-13-3-6-14(7-4-13)19(23)24/h3-4,6-7,12,15-18H,2,5,8-11H2,1H3,(H,22,25)(H,23,24)/t15-,16-,17-,18+/m1/s1. The number of carboxylic acids is 1. The third kappa shape index (κ3) is 4.86. The number of benzene rings is 1. The van der Waals surface area contributed by atoms with Crippen LogP contribution >= 0.6 is 0 Å². The van der Waals surface area contributed by atoms with E-state index in [1.165, 1.54) is 0 Å². The Morgan fingerprint density at radius 1 is 1.30 bits per heavy atom. The number of ether oxygens (including phenoxy) is 2. The molecule has 0 radical (unpaired) electrons. The average molecular weight is 374 g/mol. The number of carbonyl (C=O) groups is 2. The fourth-order valence-electron chi connectivity index (χ4n) is 3.95. The lowest BCUT2D eigenvalue weighted by atomic mass is 9.77. The minimum Gasteiger partial charge on any atom is -0.478 e. The molecule has 2 heterocycles. The van der Waals surface area contributed by atoms with E-state index in [2.05, 4.69) is 10.5 Å². The van der Waals surface area contributed by atoms with Crippen molar-refractivity contribution in [3.05, 3.63) is 35.4 Å². The van der Waals surface area contributed by atoms with E-state index >= 15 is 0 Å². The molecule has 27 heavy (non-hydrogen) atoms. The molecule has 4 atom stereocenters. The number of carbonyl (C=O) groups excluding carboxylic acids is 1. The molecule has 1 aromatic carbocycles. The Morgan fingerprint density at radius 3 is 2.74 bits per heavy atom. The number of nitrogens with one attached hydrogen (secondary N) is 1. The molecule has 2 saturated heterocycles. The molecular formula is C20H26N2O5. The van der Waals surface area contributed by atoms with Crippen LogP contribution in [0, 0.1) is 11.8 Å². The monoisotopic (exact) mass is 374 g/mol. The number of rotatable bonds is 8. The van der Waals surface area contributed by atoms with E-state index in [9.17, 15) is 9.59 Å². The molecule has 2 bridgehead atoms. The lowest BCUT2D eigenvalue weighted by Crippen LogP contribution is -2.30. The molecule has 2 N–H and O–H groups in total. The van der Waals surface area contributed by atoms with E-state index in [4.69, 9.17) is 14.6 Å². The molecule has 0 unspecified atom stereocenters. The van der Waals surface area contributed by atoms with Crippen molar-refractivity contribution in [1.82, 2.24) is 5.43 Å². The highest BCUT2D eigenvalue weighted by molar-refractivity contribution is 5.87. The van der Waals surface area contributed by atoms with Crippen molar-refractivity contribution in [3.63, 3.8) is 0 Å². The fourth-order valence-corrected chi connectivity index (χ4v) is 3.95. The van der Waals surface area contributed by atoms with Crippen LogP contribution in [0.25, 0.3) is 0 Å². The summed E-state index contributed by atoms with van der Waals surface area (Å²) in [6, 6.07) is 7.01. The predicted octanol–water partition coefficient (Wildman–Crippen LogP) is 3.23. The van der Waals surface area contributed by atoms with Gasteiger partial charge in [-0.2, -0.15) is 5.10 Å². The first-order valence-electron chi connectivity index (χ1n) is 9.52. The Bertz CT molecular complexity index is 688. The summed E-state index contributed by atoms with van der Waals surface area (Å²) in [4.78, 5) is 22.4. The summed E-state index contributed by atoms with van der Waals surface area (Å²) in [5, 5.41) is 13.1. The van der Waals surface area contributed by atoms with Gasteiger partial charge in [-0.05, 0) is 55.7 Å². The minimum atomic E-state index is -0.913. The second kappa shape index (κ2) is 8.99. The first-order chi connectivity index (χ1) is 13.1. The Hall–Kier alpha value is -2.41. The molecule has 2 fully saturated rings. The summed E-state index contributed by atoms with van der Waals surface area (Å²) < 4.78 is 11.0. The highest BCUT2D eigenvalue weighted by atomic mass is 16.6. The van der Waals surface area contributed by atoms with Crippen LogP contribution in [0.3, 0.4) is 0 Å². The molecule has 2 aliphatic heterocycles. The zero-order chi connectivity index (χ0) is 19.2. The van der Waals surface area contributed by atoms with Gasteiger partial charge in [0, 0.05) is 12.1 Å². The summed E-state index contributed by atoms with van der Waals surface area (Å²) in [5.41, 5.74) is 3.82. The number of carboxylic acid groups (broad SMARTS) is 1. The predicted molar refractivity (Wildman–Crippen MR) is 99.9 cm³/mol. The van der Waals surface area contributed by atoms with Crippen LogP contribution < -0.4 is 5.43 Å². The number of aryl methyl sites for hydroxylation is 1. The van der Waals surface area contributed by atoms with Gasteiger partial charge in [0.25, 0.3) is 0 Å². The van der Waals surface area contributed by atoms with E-state index in [0.717, 1.165) is 37.7 Å². The highest BCUT2D eigenvalue weighted by Crippen LogP contribution is 2.44. The molecule has 0 spiro atoms. The summed E-state index contributed by atoms with van der Waals surface area (Å²) in [6.07, 6.45) is 6.28. The first kappa shape index (κ1) is 19.4. The average Bonchev–Trinajstić information content (AvgIpc) is 3.27. The van der Waals surface area contributed by atoms with E-state index < -0.39 is 12.1 Å². The van der Waals surface area contributed by atoms with Crippen LogP contribution in [0.4, 0.5) is 4.79 Å². The molecule has 1 aromatic rings. The van der Waals surface area contributed by atoms with Gasteiger partial charge in [0.15, 0.2) is 0 Å². The van der Waals surface area contributed by atoms with Crippen molar-refractivity contribution in [2.24, 2.45) is 16.9 Å². The van der Waals surface area contributed by atoms with E-state index in [-0.39, 0.29) is 18.1 Å². The van der Waals surface area contributed by atoms with Crippen molar-refractivity contribution in [1.29, 1.82) is 0 Å². The van der Waals surface area contributed by atoms with Crippen molar-refractivity contribution in [3.8, 4) is 0 Å². The molecule has 0 saturated carbocycles. The van der Waals surface area contributed by atoms with Gasteiger partial charge < -0.3 is 14.6 Å². The van der Waals surface area contributed by atoms with Crippen molar-refractivity contribution in [2.45, 2.75) is 51.2 Å². The Kier molecular flexibility index (Phi) is 6.45. The number of aromatic carboxylic acids is 1. The van der Waals surface area contributed by atoms with E-state index in [1.807, 2.05) is 19.1 Å². The molecule has 1 amide bonds. The molecule has 2 aliphatic rings. The Balaban J connectivity index is 1.55. The zero-order valence-electron chi connectivity index (χ0n) is 15.5. The lowest BCUT2D eigenvalue weighted by Gasteiger charge is -2.25. The minimum absolute atomic E-state index is 0.159. The Labute approximate surface area is 158 Å². The molecule has 3 rings (SSSR count). The SMILES string of the molecule is CCCOC(=O)NN=C[C@@H]1[C@@H](CCc2ccc(C(=O)O)cc2)[C@H]2CC[C@@H]1O2. The number of hydrogen-bond acceptors (Lipinski definition) is 5. The van der Waals surface area contributed by atoms with Gasteiger partial charge >= 0.3 is 12.1 Å². The van der Waals surface area contributed by atoms with Gasteiger partial charge in [0.1, 0.15) is 0 Å². The zero-order valence-corrected chi connectivity index (χ0v) is 15.5. The number of hydrazone groups is 1. The van der Waals surface area contributed by atoms with Crippen LogP contribution in [0.1, 0.15) is 48.5 Å². The van der Waals surface area contributed by atoms with Gasteiger partial charge in [0.05, 0.1) is 24.4 Å². The number of hydrogen-bond donors (Lipinski definition) is 2. The third-order valence-corrected chi connectivity index (χ3v) is 5.29. The van der Waals surface area contributed by atoms with Gasteiger partial charge in [0.2, 0.25) is 0 Å². The maximum Gasteiger partial charge on any atom is 0.427 e. The van der Waals surface area contributed by atoms with Crippen LogP contribution in [0.15, 0.2) is 29.4 Å². The fraction of sp³-hybridized carbons (Fsp3) is 0.550. The number of fused-ring (bicyclic) bond motifs is 2. The van der Waals surface area contributed by atoms with E-state index in [1.54, 1.807) is 18.3 Å². The second-order valence-corrected chi connectivity index (χ2v) is 7.10. The molecule has 0 aromatic heterocycles. The van der Waals surface area contributed by atoms with Gasteiger partial charge in [-0.1, -0.05) is 19.1 Å². The summed E-state index contributed by atoms with van der Waals surface area (Å²) in [6.45, 7) is 2.31. The van der Waals surface area contributed by atoms with Crippen LogP contribution in [0.2, 0.25) is 0 Å². The quantitative estimate of drug-likeness (QED) is 0.538. The van der Waals surface area contributed by atoms with Gasteiger partial charge in [-0.25, -0.2) is 15.0 Å². The Morgan fingerprint density at radius 2 is 2.04 bits per heavy atom. The summed E-state index contributed by atoms with van der Waals surface area (Å²) in [5.74, 6) is -0.391. The van der Waals surface area contributed by atoms with E-state index in [0.29, 0.717) is 18.1 Å². The lowest BCUT2D eigenvalue weighted by molar-refractivity contribution is 0.0696. The third-order valence-electron chi connectivity index (χ3n) is 5.29. The van der Waals surface area contributed by atoms with Crippen molar-refractivity contribution in [2.75, 3.05) is 6.61 Å². The highest BCUT2D eigenvalue weighted by Gasteiger charge is 2.47. The van der Waals surface area contributed by atoms with Crippen LogP contribution in [0.5, 0.6) is 0 Å². The van der Waals surface area contributed by atoms with Gasteiger partial charge in [-0.15, -0.1) is 0 Å². The smallest absolute Gasteiger partial charge is 0.427 e. The molecule has 146 valence electrons. The molecule has 7 heteroatoms.